The van der Waals surface area contributed by atoms with E-state index in [0.29, 0.717) is 5.56 Å². The number of halogens is 1. The van der Waals surface area contributed by atoms with E-state index in [1.807, 2.05) is 0 Å². The van der Waals surface area contributed by atoms with Gasteiger partial charge in [0.2, 0.25) is 0 Å². The molecule has 0 saturated heterocycles. The lowest BCUT2D eigenvalue weighted by Gasteiger charge is -2.03. The van der Waals surface area contributed by atoms with Gasteiger partial charge in [-0.15, -0.1) is 0 Å². The van der Waals surface area contributed by atoms with Crippen LogP contribution in [0.25, 0.3) is 0 Å². The van der Waals surface area contributed by atoms with Crippen molar-refractivity contribution in [3.05, 3.63) is 68.7 Å². The lowest BCUT2D eigenvalue weighted by molar-refractivity contribution is -0.384. The minimum atomic E-state index is -1.46. The zero-order valence-corrected chi connectivity index (χ0v) is 12.3. The Morgan fingerprint density at radius 1 is 1.13 bits per heavy atom. The van der Waals surface area contributed by atoms with Crippen molar-refractivity contribution in [2.75, 3.05) is 0 Å². The third-order valence-electron chi connectivity index (χ3n) is 2.58. The van der Waals surface area contributed by atoms with E-state index in [4.69, 9.17) is 16.7 Å². The summed E-state index contributed by atoms with van der Waals surface area (Å²) in [4.78, 5) is 30.2. The molecule has 2 aromatic rings. The first-order valence-corrected chi connectivity index (χ1v) is 6.40. The Balaban J connectivity index is 0.000000238. The molecule has 0 aliphatic rings. The highest BCUT2D eigenvalue weighted by molar-refractivity contribution is 6.33. The van der Waals surface area contributed by atoms with Crippen molar-refractivity contribution < 1.29 is 30.5 Å². The van der Waals surface area contributed by atoms with Crippen LogP contribution in [0.1, 0.15) is 20.7 Å². The summed E-state index contributed by atoms with van der Waals surface area (Å²) >= 11 is 5.44. The van der Waals surface area contributed by atoms with E-state index < -0.39 is 16.9 Å². The van der Waals surface area contributed by atoms with Crippen molar-refractivity contribution in [3.8, 4) is 0 Å². The highest BCUT2D eigenvalue weighted by atomic mass is 35.5. The van der Waals surface area contributed by atoms with E-state index in [1.165, 1.54) is 12.1 Å². The molecule has 0 heterocycles. The molecule has 0 bridgehead atoms. The molecule has 0 spiro atoms. The number of carbonyl (C=O) groups excluding carboxylic acids is 1. The quantitative estimate of drug-likeness (QED) is 0.626. The van der Waals surface area contributed by atoms with Gasteiger partial charge in [0.15, 0.2) is 0 Å². The Labute approximate surface area is 134 Å². The number of nitro groups is 1. The summed E-state index contributed by atoms with van der Waals surface area (Å²) in [5.41, 5.74) is 4.24. The van der Waals surface area contributed by atoms with Crippen LogP contribution in [0, 0.1) is 10.1 Å². The standard InChI is InChI=1S/C7H4ClNO4.C7H7NO2/c8-6-3-4(9(12)13)1-2-5(6)7(10)11;8-6-3-1-5(2-4-6)7(9)10/h1-3H,(H,10,11);1-4H,8H2,(H,9,10). The normalized spacial score (nSPS) is 9.48. The number of hydrogen-bond donors (Lipinski definition) is 2. The second-order valence-electron chi connectivity index (χ2n) is 4.21. The number of hydrogen-bond acceptors (Lipinski definition) is 5. The lowest BCUT2D eigenvalue weighted by atomic mass is 10.2. The van der Waals surface area contributed by atoms with Crippen molar-refractivity contribution in [1.82, 2.24) is 0 Å². The third kappa shape index (κ3) is 5.38. The van der Waals surface area contributed by atoms with Crippen molar-refractivity contribution in [3.63, 3.8) is 0 Å². The molecule has 0 amide bonds. The summed E-state index contributed by atoms with van der Waals surface area (Å²) in [6.07, 6.45) is 0. The fraction of sp³-hybridized carbons (Fsp3) is 0. The van der Waals surface area contributed by atoms with Gasteiger partial charge in [-0.05, 0) is 30.3 Å². The number of rotatable bonds is 3. The molecular weight excluding hydrogens is 328 g/mol. The number of nitro benzene ring substituents is 1. The molecule has 23 heavy (non-hydrogen) atoms. The zero-order valence-electron chi connectivity index (χ0n) is 11.6. The number of carboxylic acid groups (broad SMARTS) is 2. The minimum absolute atomic E-state index is 0.200. The minimum Gasteiger partial charge on any atom is -0.545 e. The highest BCUT2D eigenvalue weighted by Gasteiger charge is 2.09. The molecule has 2 aromatic carbocycles. The SMILES string of the molecule is O=C([O-])c1ccc([N+](=O)[O-])cc1Cl.[NH3+]c1ccc(C(=O)O)cc1. The summed E-state index contributed by atoms with van der Waals surface area (Å²) < 4.78 is 0. The molecule has 0 radical (unpaired) electrons. The fourth-order valence-electron chi connectivity index (χ4n) is 1.43. The number of nitrogens with zero attached hydrogens (tertiary/aromatic N) is 1. The van der Waals surface area contributed by atoms with Gasteiger partial charge >= 0.3 is 5.97 Å². The van der Waals surface area contributed by atoms with Gasteiger partial charge in [0.05, 0.1) is 21.5 Å². The van der Waals surface area contributed by atoms with E-state index in [-0.39, 0.29) is 16.3 Å². The first kappa shape index (κ1) is 18.1. The van der Waals surface area contributed by atoms with E-state index in [9.17, 15) is 24.8 Å². The van der Waals surface area contributed by atoms with Crippen LogP contribution in [0.3, 0.4) is 0 Å². The van der Waals surface area contributed by atoms with Crippen molar-refractivity contribution in [1.29, 1.82) is 0 Å². The summed E-state index contributed by atoms with van der Waals surface area (Å²) in [6, 6.07) is 9.46. The highest BCUT2D eigenvalue weighted by Crippen LogP contribution is 2.21. The van der Waals surface area contributed by atoms with Gasteiger partial charge in [0.1, 0.15) is 5.69 Å². The fourth-order valence-corrected chi connectivity index (χ4v) is 1.68. The van der Waals surface area contributed by atoms with Crippen molar-refractivity contribution >= 4 is 34.9 Å². The second-order valence-corrected chi connectivity index (χ2v) is 4.62. The third-order valence-corrected chi connectivity index (χ3v) is 2.90. The first-order valence-electron chi connectivity index (χ1n) is 6.03. The van der Waals surface area contributed by atoms with Crippen LogP contribution in [0.5, 0.6) is 0 Å². The Bertz CT molecular complexity index is 745. The molecule has 0 aromatic heterocycles. The molecule has 0 fully saturated rings. The molecule has 0 unspecified atom stereocenters. The van der Waals surface area contributed by atoms with Crippen LogP contribution >= 0.6 is 11.6 Å². The molecule has 120 valence electrons. The van der Waals surface area contributed by atoms with Gasteiger partial charge < -0.3 is 20.7 Å². The molecule has 9 heteroatoms. The van der Waals surface area contributed by atoms with Gasteiger partial charge in [-0.3, -0.25) is 10.1 Å². The molecule has 0 aliphatic heterocycles. The Kier molecular flexibility index (Phi) is 6.19. The number of quaternary nitrogens is 1. The van der Waals surface area contributed by atoms with Crippen molar-refractivity contribution in [2.45, 2.75) is 0 Å². The molecule has 0 aliphatic carbocycles. The lowest BCUT2D eigenvalue weighted by Crippen LogP contribution is -2.39. The van der Waals surface area contributed by atoms with Gasteiger partial charge in [-0.25, -0.2) is 4.79 Å². The van der Waals surface area contributed by atoms with Crippen molar-refractivity contribution in [2.24, 2.45) is 0 Å². The van der Waals surface area contributed by atoms with Crippen LogP contribution in [-0.4, -0.2) is 22.0 Å². The largest absolute Gasteiger partial charge is 0.545 e. The van der Waals surface area contributed by atoms with Crippen LogP contribution < -0.4 is 10.8 Å². The van der Waals surface area contributed by atoms with Crippen LogP contribution in [0.4, 0.5) is 11.4 Å². The van der Waals surface area contributed by atoms with Gasteiger partial charge in [0.25, 0.3) is 5.69 Å². The maximum Gasteiger partial charge on any atom is 0.335 e. The van der Waals surface area contributed by atoms with Crippen LogP contribution in [0.2, 0.25) is 5.02 Å². The van der Waals surface area contributed by atoms with E-state index in [2.05, 4.69) is 5.73 Å². The summed E-state index contributed by atoms with van der Waals surface area (Å²) in [5, 5.41) is 28.8. The summed E-state index contributed by atoms with van der Waals surface area (Å²) in [6.45, 7) is 0. The maximum absolute atomic E-state index is 10.3. The predicted octanol–water partition coefficient (Wildman–Crippen LogP) is 0.870. The summed E-state index contributed by atoms with van der Waals surface area (Å²) in [5.74, 6) is -2.36. The smallest absolute Gasteiger partial charge is 0.335 e. The van der Waals surface area contributed by atoms with E-state index >= 15 is 0 Å². The molecule has 0 atom stereocenters. The maximum atomic E-state index is 10.3. The van der Waals surface area contributed by atoms with Gasteiger partial charge in [-0.2, -0.15) is 0 Å². The topological polar surface area (TPSA) is 148 Å². The zero-order chi connectivity index (χ0) is 17.6. The number of carbonyl (C=O) groups is 2. The predicted molar refractivity (Wildman–Crippen MR) is 78.4 cm³/mol. The van der Waals surface area contributed by atoms with Crippen LogP contribution in [0.15, 0.2) is 42.5 Å². The monoisotopic (exact) mass is 338 g/mol. The van der Waals surface area contributed by atoms with Crippen LogP contribution in [-0.2, 0) is 0 Å². The number of benzene rings is 2. The van der Waals surface area contributed by atoms with Gasteiger partial charge in [0, 0.05) is 17.7 Å². The Hall–Kier alpha value is -2.97. The second kappa shape index (κ2) is 7.87. The average molecular weight is 339 g/mol. The molecule has 8 nitrogen and oxygen atoms in total. The first-order chi connectivity index (χ1) is 10.7. The molecule has 2 rings (SSSR count). The molecule has 0 saturated carbocycles. The number of non-ortho nitro benzene ring substituents is 1. The molecule has 4 N–H and O–H groups in total. The summed E-state index contributed by atoms with van der Waals surface area (Å²) in [7, 11) is 0. The van der Waals surface area contributed by atoms with Gasteiger partial charge in [-0.1, -0.05) is 11.6 Å². The Morgan fingerprint density at radius 2 is 1.70 bits per heavy atom. The Morgan fingerprint density at radius 3 is 2.09 bits per heavy atom. The van der Waals surface area contributed by atoms with E-state index in [1.54, 1.807) is 12.1 Å². The average Bonchev–Trinajstić information content (AvgIpc) is 2.47. The molecular formula is C14H11ClN2O6. The number of aromatic carboxylic acids is 2. The van der Waals surface area contributed by atoms with E-state index in [0.717, 1.165) is 23.9 Å². The number of carboxylic acids is 2.